The molecule has 132 valence electrons. The fraction of sp³-hybridized carbons (Fsp3) is 0.222. The first-order valence-electron chi connectivity index (χ1n) is 8.20. The van der Waals surface area contributed by atoms with Crippen LogP contribution < -0.4 is 5.32 Å². The molecule has 7 nitrogen and oxygen atoms in total. The number of rotatable bonds is 4. The molecule has 0 saturated heterocycles. The van der Waals surface area contributed by atoms with Crippen LogP contribution in [0.15, 0.2) is 24.3 Å². The van der Waals surface area contributed by atoms with Crippen molar-refractivity contribution in [2.24, 2.45) is 0 Å². The average Bonchev–Trinajstić information content (AvgIpc) is 3.33. The summed E-state index contributed by atoms with van der Waals surface area (Å²) in [6.07, 6.45) is 0. The number of hydrogen-bond acceptors (Lipinski definition) is 7. The van der Waals surface area contributed by atoms with Crippen molar-refractivity contribution in [1.82, 2.24) is 25.6 Å². The van der Waals surface area contributed by atoms with Gasteiger partial charge in [0, 0.05) is 17.7 Å². The number of phenols is 1. The number of nitrogens with one attached hydrogen (secondary N) is 2. The third-order valence-corrected chi connectivity index (χ3v) is 5.73. The summed E-state index contributed by atoms with van der Waals surface area (Å²) in [5, 5.41) is 28.4. The molecule has 2 aromatic carbocycles. The number of aromatic hydroxyl groups is 1. The summed E-state index contributed by atoms with van der Waals surface area (Å²) in [5.41, 5.74) is 5.81. The Bertz CT molecular complexity index is 1020. The number of hydrogen-bond donors (Lipinski definition) is 3. The molecular formula is C18H18N6OS. The number of H-pyrrole nitrogens is 1. The van der Waals surface area contributed by atoms with Gasteiger partial charge in [0.25, 0.3) is 0 Å². The Morgan fingerprint density at radius 2 is 1.85 bits per heavy atom. The van der Waals surface area contributed by atoms with Crippen molar-refractivity contribution < 1.29 is 5.11 Å². The lowest BCUT2D eigenvalue weighted by molar-refractivity contribution is 0.467. The van der Waals surface area contributed by atoms with Crippen LogP contribution in [0.25, 0.3) is 21.6 Å². The molecule has 4 aromatic rings. The van der Waals surface area contributed by atoms with Gasteiger partial charge in [0.2, 0.25) is 5.82 Å². The van der Waals surface area contributed by atoms with Crippen molar-refractivity contribution in [3.8, 4) is 17.1 Å². The summed E-state index contributed by atoms with van der Waals surface area (Å²) in [4.78, 5) is 4.71. The number of nitrogens with zero attached hydrogens (tertiary/aromatic N) is 4. The lowest BCUT2D eigenvalue weighted by atomic mass is 10.0. The minimum atomic E-state index is 0.363. The third-order valence-electron chi connectivity index (χ3n) is 4.60. The number of anilines is 1. The Kier molecular flexibility index (Phi) is 4.04. The first kappa shape index (κ1) is 16.5. The van der Waals surface area contributed by atoms with Crippen LogP contribution in [0, 0.1) is 20.8 Å². The van der Waals surface area contributed by atoms with Crippen LogP contribution in [0.4, 0.5) is 5.13 Å². The second kappa shape index (κ2) is 6.38. The van der Waals surface area contributed by atoms with Crippen LogP contribution in [0.1, 0.15) is 22.3 Å². The first-order chi connectivity index (χ1) is 12.5. The van der Waals surface area contributed by atoms with Gasteiger partial charge in [-0.15, -0.1) is 10.2 Å². The Morgan fingerprint density at radius 3 is 2.54 bits per heavy atom. The van der Waals surface area contributed by atoms with Crippen molar-refractivity contribution >= 4 is 26.7 Å². The molecule has 0 radical (unpaired) electrons. The maximum Gasteiger partial charge on any atom is 0.204 e. The average molecular weight is 366 g/mol. The van der Waals surface area contributed by atoms with Crippen molar-refractivity contribution in [1.29, 1.82) is 0 Å². The summed E-state index contributed by atoms with van der Waals surface area (Å²) < 4.78 is 1.03. The maximum absolute atomic E-state index is 10.2. The van der Waals surface area contributed by atoms with E-state index in [-0.39, 0.29) is 0 Å². The second-order valence-electron chi connectivity index (χ2n) is 6.21. The van der Waals surface area contributed by atoms with Gasteiger partial charge in [0.15, 0.2) is 5.13 Å². The van der Waals surface area contributed by atoms with E-state index in [2.05, 4.69) is 25.9 Å². The Balaban J connectivity index is 1.55. The topological polar surface area (TPSA) is 99.6 Å². The molecule has 26 heavy (non-hydrogen) atoms. The van der Waals surface area contributed by atoms with Gasteiger partial charge < -0.3 is 10.4 Å². The Hall–Kier alpha value is -3.00. The minimum absolute atomic E-state index is 0.363. The van der Waals surface area contributed by atoms with Gasteiger partial charge >= 0.3 is 0 Å². The molecule has 0 bridgehead atoms. The molecule has 0 amide bonds. The lowest BCUT2D eigenvalue weighted by Gasteiger charge is -2.07. The van der Waals surface area contributed by atoms with Crippen LogP contribution in [0.5, 0.6) is 5.75 Å². The van der Waals surface area contributed by atoms with E-state index in [1.165, 1.54) is 0 Å². The number of aromatic amines is 1. The largest absolute Gasteiger partial charge is 0.507 e. The molecule has 3 N–H and O–H groups in total. The van der Waals surface area contributed by atoms with Crippen molar-refractivity contribution in [3.05, 3.63) is 46.5 Å². The van der Waals surface area contributed by atoms with E-state index in [1.807, 2.05) is 45.0 Å². The van der Waals surface area contributed by atoms with E-state index in [0.717, 1.165) is 43.2 Å². The van der Waals surface area contributed by atoms with Gasteiger partial charge in [-0.25, -0.2) is 4.98 Å². The number of tetrazole rings is 1. The molecule has 0 atom stereocenters. The lowest BCUT2D eigenvalue weighted by Crippen LogP contribution is -1.98. The van der Waals surface area contributed by atoms with Gasteiger partial charge in [-0.2, -0.15) is 5.21 Å². The molecule has 0 unspecified atom stereocenters. The summed E-state index contributed by atoms with van der Waals surface area (Å²) in [7, 11) is 0. The summed E-state index contributed by atoms with van der Waals surface area (Å²) in [6.45, 7) is 6.52. The van der Waals surface area contributed by atoms with E-state index in [0.29, 0.717) is 18.1 Å². The van der Waals surface area contributed by atoms with Crippen LogP contribution in [-0.2, 0) is 6.54 Å². The number of fused-ring (bicyclic) bond motifs is 1. The van der Waals surface area contributed by atoms with Crippen LogP contribution in [0.2, 0.25) is 0 Å². The van der Waals surface area contributed by atoms with E-state index >= 15 is 0 Å². The molecule has 2 heterocycles. The summed E-state index contributed by atoms with van der Waals surface area (Å²) in [5.74, 6) is 0.944. The minimum Gasteiger partial charge on any atom is -0.507 e. The highest BCUT2D eigenvalue weighted by molar-refractivity contribution is 7.22. The van der Waals surface area contributed by atoms with Gasteiger partial charge in [-0.05, 0) is 42.7 Å². The highest BCUT2D eigenvalue weighted by atomic mass is 32.1. The number of benzene rings is 2. The summed E-state index contributed by atoms with van der Waals surface area (Å²) >= 11 is 1.57. The molecule has 0 saturated carbocycles. The van der Waals surface area contributed by atoms with Gasteiger partial charge in [-0.1, -0.05) is 35.6 Å². The monoisotopic (exact) mass is 366 g/mol. The van der Waals surface area contributed by atoms with E-state index in [9.17, 15) is 5.11 Å². The fourth-order valence-corrected chi connectivity index (χ4v) is 3.90. The molecule has 0 aliphatic heterocycles. The molecule has 4 rings (SSSR count). The predicted octanol–water partition coefficient (Wildman–Crippen LogP) is 3.72. The Labute approximate surface area is 154 Å². The molecule has 0 spiro atoms. The van der Waals surface area contributed by atoms with Crippen molar-refractivity contribution in [2.45, 2.75) is 27.3 Å². The zero-order chi connectivity index (χ0) is 18.3. The maximum atomic E-state index is 10.2. The Morgan fingerprint density at radius 1 is 1.08 bits per heavy atom. The second-order valence-corrected chi connectivity index (χ2v) is 7.21. The summed E-state index contributed by atoms with van der Waals surface area (Å²) in [6, 6.07) is 7.99. The number of phenolic OH excluding ortho intramolecular Hbond substituents is 1. The molecule has 0 aliphatic rings. The third kappa shape index (κ3) is 2.78. The van der Waals surface area contributed by atoms with Gasteiger partial charge in [0.05, 0.1) is 10.2 Å². The number of aryl methyl sites for hydroxylation is 2. The molecular weight excluding hydrogens is 348 g/mol. The molecule has 0 fully saturated rings. The van der Waals surface area contributed by atoms with E-state index in [4.69, 9.17) is 4.98 Å². The smallest absolute Gasteiger partial charge is 0.204 e. The standard InChI is InChI=1S/C18H18N6OS/c1-9-10(2)15(25)11(3)16-14(9)20-18(26-16)19-8-12-4-6-13(7-5-12)17-21-23-24-22-17/h4-7,25H,8H2,1-3H3,(H,19,20)(H,21,22,23,24). The molecule has 2 aromatic heterocycles. The van der Waals surface area contributed by atoms with E-state index < -0.39 is 0 Å². The molecule has 0 aliphatic carbocycles. The highest BCUT2D eigenvalue weighted by Gasteiger charge is 2.15. The van der Waals surface area contributed by atoms with Gasteiger partial charge in [-0.3, -0.25) is 0 Å². The zero-order valence-electron chi connectivity index (χ0n) is 14.7. The number of aromatic nitrogens is 5. The van der Waals surface area contributed by atoms with Crippen LogP contribution in [-0.4, -0.2) is 30.7 Å². The van der Waals surface area contributed by atoms with Gasteiger partial charge in [0.1, 0.15) is 5.75 Å². The zero-order valence-corrected chi connectivity index (χ0v) is 15.5. The SMILES string of the molecule is Cc1c(O)c(C)c2sc(NCc3ccc(-c4nn[nH]n4)cc3)nc2c1C. The quantitative estimate of drug-likeness (QED) is 0.509. The van der Waals surface area contributed by atoms with E-state index in [1.54, 1.807) is 11.3 Å². The first-order valence-corrected chi connectivity index (χ1v) is 9.02. The fourth-order valence-electron chi connectivity index (χ4n) is 2.88. The van der Waals surface area contributed by atoms with Crippen molar-refractivity contribution in [2.75, 3.05) is 5.32 Å². The normalized spacial score (nSPS) is 11.2. The van der Waals surface area contributed by atoms with Crippen LogP contribution >= 0.6 is 11.3 Å². The molecule has 8 heteroatoms. The number of thiazole rings is 1. The van der Waals surface area contributed by atoms with Crippen LogP contribution in [0.3, 0.4) is 0 Å². The highest BCUT2D eigenvalue weighted by Crippen LogP contribution is 2.38. The van der Waals surface area contributed by atoms with Crippen molar-refractivity contribution in [3.63, 3.8) is 0 Å². The predicted molar refractivity (Wildman–Crippen MR) is 102 cm³/mol.